The van der Waals surface area contributed by atoms with E-state index < -0.39 is 0 Å². The van der Waals surface area contributed by atoms with Crippen molar-refractivity contribution in [3.63, 3.8) is 0 Å². The highest BCUT2D eigenvalue weighted by atomic mass is 16.2. The highest BCUT2D eigenvalue weighted by Crippen LogP contribution is 1.98. The summed E-state index contributed by atoms with van der Waals surface area (Å²) in [5.41, 5.74) is 5.09. The summed E-state index contributed by atoms with van der Waals surface area (Å²) < 4.78 is 0. The summed E-state index contributed by atoms with van der Waals surface area (Å²) in [5, 5.41) is 4.66. The quantitative estimate of drug-likeness (QED) is 0.592. The van der Waals surface area contributed by atoms with Crippen molar-refractivity contribution in [3.05, 3.63) is 60.2 Å². The van der Waals surface area contributed by atoms with Crippen molar-refractivity contribution in [1.29, 1.82) is 0 Å². The number of urea groups is 1. The fourth-order valence-electron chi connectivity index (χ4n) is 1.66. The minimum absolute atomic E-state index is 0.209. The lowest BCUT2D eigenvalue weighted by Gasteiger charge is -2.22. The van der Waals surface area contributed by atoms with E-state index in [1.807, 2.05) is 55.3 Å². The molecule has 0 unspecified atom stereocenters. The Morgan fingerprint density at radius 3 is 2.65 bits per heavy atom. The van der Waals surface area contributed by atoms with E-state index in [1.54, 1.807) is 6.08 Å². The molecule has 0 heterocycles. The van der Waals surface area contributed by atoms with Gasteiger partial charge < -0.3 is 5.32 Å². The first kappa shape index (κ1) is 16.0. The standard InChI is InChI=1S/C16H23N3O/c1-4-11-19(13-14(3)5-2)18-16(20)17-12-15-9-7-6-8-10-15/h4-10H,1,11-13H2,2-3H3,(H2,17,18,20). The lowest BCUT2D eigenvalue weighted by Crippen LogP contribution is -2.47. The number of amides is 2. The third-order valence-electron chi connectivity index (χ3n) is 2.84. The highest BCUT2D eigenvalue weighted by molar-refractivity contribution is 5.73. The average Bonchev–Trinajstić information content (AvgIpc) is 2.46. The van der Waals surface area contributed by atoms with Crippen molar-refractivity contribution in [2.75, 3.05) is 13.1 Å². The molecule has 0 spiro atoms. The second-order valence-electron chi connectivity index (χ2n) is 4.58. The Kier molecular flexibility index (Phi) is 7.14. The molecular formula is C16H23N3O. The maximum absolute atomic E-state index is 11.9. The van der Waals surface area contributed by atoms with Crippen LogP contribution in [-0.4, -0.2) is 24.1 Å². The number of hydrogen-bond donors (Lipinski definition) is 2. The van der Waals surface area contributed by atoms with Crippen LogP contribution >= 0.6 is 0 Å². The Bertz CT molecular complexity index is 454. The van der Waals surface area contributed by atoms with Crippen molar-refractivity contribution in [3.8, 4) is 0 Å². The summed E-state index contributed by atoms with van der Waals surface area (Å²) in [7, 11) is 0. The van der Waals surface area contributed by atoms with Crippen molar-refractivity contribution < 1.29 is 4.79 Å². The fraction of sp³-hybridized carbons (Fsp3) is 0.312. The smallest absolute Gasteiger partial charge is 0.329 e. The van der Waals surface area contributed by atoms with Crippen LogP contribution in [0.3, 0.4) is 0 Å². The van der Waals surface area contributed by atoms with Crippen molar-refractivity contribution in [2.45, 2.75) is 20.4 Å². The summed E-state index contributed by atoms with van der Waals surface area (Å²) in [6.45, 7) is 9.51. The van der Waals surface area contributed by atoms with Gasteiger partial charge in [0.2, 0.25) is 0 Å². The first-order valence-corrected chi connectivity index (χ1v) is 6.71. The van der Waals surface area contributed by atoms with Gasteiger partial charge in [-0.3, -0.25) is 5.43 Å². The van der Waals surface area contributed by atoms with E-state index >= 15 is 0 Å². The molecule has 4 heteroatoms. The Balaban J connectivity index is 2.43. The van der Waals surface area contributed by atoms with E-state index in [-0.39, 0.29) is 6.03 Å². The van der Waals surface area contributed by atoms with Gasteiger partial charge in [0.25, 0.3) is 0 Å². The monoisotopic (exact) mass is 273 g/mol. The lowest BCUT2D eigenvalue weighted by atomic mass is 10.2. The normalized spacial score (nSPS) is 11.2. The van der Waals surface area contributed by atoms with E-state index in [9.17, 15) is 4.79 Å². The van der Waals surface area contributed by atoms with Crippen LogP contribution in [-0.2, 0) is 6.54 Å². The minimum atomic E-state index is -0.209. The fourth-order valence-corrected chi connectivity index (χ4v) is 1.66. The summed E-state index contributed by atoms with van der Waals surface area (Å²) in [4.78, 5) is 11.9. The average molecular weight is 273 g/mol. The van der Waals surface area contributed by atoms with Crippen molar-refractivity contribution in [1.82, 2.24) is 15.8 Å². The molecule has 1 aromatic carbocycles. The predicted molar refractivity (Wildman–Crippen MR) is 83.0 cm³/mol. The first-order chi connectivity index (χ1) is 9.65. The van der Waals surface area contributed by atoms with Crippen LogP contribution < -0.4 is 10.7 Å². The molecule has 0 aliphatic carbocycles. The van der Waals surface area contributed by atoms with Gasteiger partial charge in [-0.1, -0.05) is 48.1 Å². The highest BCUT2D eigenvalue weighted by Gasteiger charge is 2.07. The van der Waals surface area contributed by atoms with E-state index in [0.717, 1.165) is 5.56 Å². The van der Waals surface area contributed by atoms with Crippen LogP contribution in [0.2, 0.25) is 0 Å². The Morgan fingerprint density at radius 2 is 2.05 bits per heavy atom. The number of allylic oxidation sites excluding steroid dienone is 1. The van der Waals surface area contributed by atoms with Gasteiger partial charge in [0.15, 0.2) is 0 Å². The second kappa shape index (κ2) is 8.93. The molecule has 0 atom stereocenters. The van der Waals surface area contributed by atoms with Crippen LogP contribution in [0.5, 0.6) is 0 Å². The summed E-state index contributed by atoms with van der Waals surface area (Å²) in [6, 6.07) is 9.61. The number of nitrogens with zero attached hydrogens (tertiary/aromatic N) is 1. The molecule has 0 aromatic heterocycles. The maximum atomic E-state index is 11.9. The van der Waals surface area contributed by atoms with Crippen molar-refractivity contribution in [2.24, 2.45) is 0 Å². The summed E-state index contributed by atoms with van der Waals surface area (Å²) in [5.74, 6) is 0. The van der Waals surface area contributed by atoms with E-state index in [0.29, 0.717) is 19.6 Å². The zero-order chi connectivity index (χ0) is 14.8. The van der Waals surface area contributed by atoms with Gasteiger partial charge in [-0.15, -0.1) is 6.58 Å². The van der Waals surface area contributed by atoms with Gasteiger partial charge in [0.05, 0.1) is 0 Å². The largest absolute Gasteiger partial charge is 0.333 e. The van der Waals surface area contributed by atoms with E-state index in [1.165, 1.54) is 5.57 Å². The molecule has 1 rings (SSSR count). The minimum Gasteiger partial charge on any atom is -0.333 e. The lowest BCUT2D eigenvalue weighted by molar-refractivity contribution is 0.194. The number of benzene rings is 1. The van der Waals surface area contributed by atoms with Crippen LogP contribution in [0.15, 0.2) is 54.6 Å². The van der Waals surface area contributed by atoms with Crippen LogP contribution in [0.4, 0.5) is 4.79 Å². The van der Waals surface area contributed by atoms with Crippen LogP contribution in [0.25, 0.3) is 0 Å². The third kappa shape index (κ3) is 6.20. The molecule has 2 N–H and O–H groups in total. The predicted octanol–water partition coefficient (Wildman–Crippen LogP) is 2.86. The molecule has 108 valence electrons. The van der Waals surface area contributed by atoms with Crippen LogP contribution in [0.1, 0.15) is 19.4 Å². The van der Waals surface area contributed by atoms with E-state index in [4.69, 9.17) is 0 Å². The van der Waals surface area contributed by atoms with Gasteiger partial charge in [-0.05, 0) is 19.4 Å². The number of hydrogen-bond acceptors (Lipinski definition) is 2. The number of rotatable bonds is 7. The van der Waals surface area contributed by atoms with Crippen LogP contribution in [0, 0.1) is 0 Å². The topological polar surface area (TPSA) is 44.4 Å². The molecule has 0 saturated heterocycles. The molecule has 4 nitrogen and oxygen atoms in total. The zero-order valence-corrected chi connectivity index (χ0v) is 12.2. The molecular weight excluding hydrogens is 250 g/mol. The zero-order valence-electron chi connectivity index (χ0n) is 12.2. The molecule has 20 heavy (non-hydrogen) atoms. The van der Waals surface area contributed by atoms with Gasteiger partial charge in [0, 0.05) is 19.6 Å². The Morgan fingerprint density at radius 1 is 1.35 bits per heavy atom. The number of hydrazine groups is 1. The van der Waals surface area contributed by atoms with Crippen molar-refractivity contribution >= 4 is 6.03 Å². The second-order valence-corrected chi connectivity index (χ2v) is 4.58. The Hall–Kier alpha value is -2.07. The molecule has 2 amide bonds. The third-order valence-corrected chi connectivity index (χ3v) is 2.84. The summed E-state index contributed by atoms with van der Waals surface area (Å²) in [6.07, 6.45) is 3.79. The van der Waals surface area contributed by atoms with Gasteiger partial charge >= 0.3 is 6.03 Å². The van der Waals surface area contributed by atoms with Gasteiger partial charge in [-0.2, -0.15) is 0 Å². The molecule has 0 bridgehead atoms. The molecule has 0 aliphatic rings. The molecule has 0 saturated carbocycles. The molecule has 0 aliphatic heterocycles. The Labute approximate surface area is 121 Å². The summed E-state index contributed by atoms with van der Waals surface area (Å²) >= 11 is 0. The molecule has 0 radical (unpaired) electrons. The SMILES string of the molecule is C=CCN(CC(C)=CC)NC(=O)NCc1ccccc1. The van der Waals surface area contributed by atoms with Gasteiger partial charge in [0.1, 0.15) is 0 Å². The maximum Gasteiger partial charge on any atom is 0.329 e. The van der Waals surface area contributed by atoms with E-state index in [2.05, 4.69) is 17.3 Å². The molecule has 0 fully saturated rings. The molecule has 1 aromatic rings. The number of carbonyl (C=O) groups is 1. The van der Waals surface area contributed by atoms with Gasteiger partial charge in [-0.25, -0.2) is 9.80 Å². The first-order valence-electron chi connectivity index (χ1n) is 6.71. The number of carbonyl (C=O) groups excluding carboxylic acids is 1. The number of nitrogens with one attached hydrogen (secondary N) is 2.